The van der Waals surface area contributed by atoms with Crippen molar-refractivity contribution >= 4 is 0 Å². The van der Waals surface area contributed by atoms with Crippen LogP contribution in [0, 0.1) is 6.07 Å². The van der Waals surface area contributed by atoms with Crippen LogP contribution in [0.15, 0.2) is 24.3 Å². The van der Waals surface area contributed by atoms with Crippen LogP contribution >= 0.6 is 0 Å². The molecule has 0 unspecified atom stereocenters. The van der Waals surface area contributed by atoms with Crippen molar-refractivity contribution in [1.82, 2.24) is 0 Å². The second kappa shape index (κ2) is 2.95. The Morgan fingerprint density at radius 2 is 2.09 bits per heavy atom. The van der Waals surface area contributed by atoms with Gasteiger partial charge in [0.1, 0.15) is 0 Å². The van der Waals surface area contributed by atoms with E-state index in [9.17, 15) is 13.2 Å². The van der Waals surface area contributed by atoms with E-state index in [2.05, 4.69) is 6.07 Å². The summed E-state index contributed by atoms with van der Waals surface area (Å²) in [6.45, 7) is -1.67. The van der Waals surface area contributed by atoms with E-state index in [0.29, 0.717) is 0 Å². The maximum atomic E-state index is 12.5. The molecule has 0 aliphatic carbocycles. The number of benzene rings is 1. The number of alkyl halides is 3. The molecular formula is C8H6F3. The number of halogens is 3. The molecule has 1 radical (unpaired) electrons. The quantitative estimate of drug-likeness (QED) is 0.622. The first-order valence-corrected chi connectivity index (χ1v) is 3.08. The summed E-state index contributed by atoms with van der Waals surface area (Å²) in [5.41, 5.74) is -0.400. The summed E-state index contributed by atoms with van der Waals surface area (Å²) in [6, 6.07) is 7.73. The lowest BCUT2D eigenvalue weighted by Gasteiger charge is -2.10. The van der Waals surface area contributed by atoms with Crippen molar-refractivity contribution < 1.29 is 13.2 Å². The van der Waals surface area contributed by atoms with Crippen LogP contribution in [0.2, 0.25) is 0 Å². The first-order valence-electron chi connectivity index (χ1n) is 3.08. The van der Waals surface area contributed by atoms with Gasteiger partial charge in [0.2, 0.25) is 0 Å². The van der Waals surface area contributed by atoms with Crippen molar-refractivity contribution in [1.29, 1.82) is 0 Å². The van der Waals surface area contributed by atoms with E-state index in [-0.39, 0.29) is 0 Å². The molecule has 1 aromatic carbocycles. The molecule has 0 saturated carbocycles. The second-order valence-corrected chi connectivity index (χ2v) is 2.11. The van der Waals surface area contributed by atoms with Gasteiger partial charge in [0.05, 0.1) is 0 Å². The number of hydrogen-bond donors (Lipinski definition) is 0. The monoisotopic (exact) mass is 159 g/mol. The summed E-state index contributed by atoms with van der Waals surface area (Å²) in [4.78, 5) is 0. The van der Waals surface area contributed by atoms with Gasteiger partial charge in [0.15, 0.2) is 6.67 Å². The minimum atomic E-state index is -3.39. The molecule has 1 rings (SSSR count). The molecule has 0 N–H and O–H groups in total. The fraction of sp³-hybridized carbons (Fsp3) is 0.250. The third-order valence-corrected chi connectivity index (χ3v) is 1.27. The van der Waals surface area contributed by atoms with Gasteiger partial charge in [-0.3, -0.25) is 0 Å². The molecule has 0 nitrogen and oxygen atoms in total. The molecule has 0 atom stereocenters. The van der Waals surface area contributed by atoms with Gasteiger partial charge in [0.25, 0.3) is 0 Å². The van der Waals surface area contributed by atoms with Crippen molar-refractivity contribution in [2.75, 3.05) is 6.67 Å². The predicted octanol–water partition coefficient (Wildman–Crippen LogP) is 2.55. The summed E-state index contributed by atoms with van der Waals surface area (Å²) < 4.78 is 36.6. The highest BCUT2D eigenvalue weighted by Gasteiger charge is 2.31. The standard InChI is InChI=1S/C8H6F3/c9-6-8(10,11)7-4-2-1-3-5-7/h1-4H,6H2. The van der Waals surface area contributed by atoms with Crippen molar-refractivity contribution in [3.8, 4) is 0 Å². The Hall–Kier alpha value is -0.990. The Morgan fingerprint density at radius 3 is 2.55 bits per heavy atom. The van der Waals surface area contributed by atoms with Crippen LogP contribution in [0.5, 0.6) is 0 Å². The molecule has 0 spiro atoms. The summed E-state index contributed by atoms with van der Waals surface area (Å²) in [7, 11) is 0. The van der Waals surface area contributed by atoms with Gasteiger partial charge in [0, 0.05) is 5.56 Å². The largest absolute Gasteiger partial charge is 0.301 e. The SMILES string of the molecule is FCC(F)(F)c1[c]cccc1. The van der Waals surface area contributed by atoms with Gasteiger partial charge in [-0.2, -0.15) is 8.78 Å². The highest BCUT2D eigenvalue weighted by atomic mass is 19.3. The van der Waals surface area contributed by atoms with E-state index < -0.39 is 18.2 Å². The van der Waals surface area contributed by atoms with Gasteiger partial charge in [-0.25, -0.2) is 4.39 Å². The Bertz CT molecular complexity index is 218. The molecule has 0 fully saturated rings. The van der Waals surface area contributed by atoms with Gasteiger partial charge in [-0.1, -0.05) is 24.3 Å². The summed E-state index contributed by atoms with van der Waals surface area (Å²) in [5, 5.41) is 0. The summed E-state index contributed by atoms with van der Waals surface area (Å²) >= 11 is 0. The molecule has 0 amide bonds. The molecule has 0 aliphatic heterocycles. The van der Waals surface area contributed by atoms with Crippen molar-refractivity contribution in [3.63, 3.8) is 0 Å². The van der Waals surface area contributed by atoms with Crippen molar-refractivity contribution in [2.45, 2.75) is 5.92 Å². The fourth-order valence-corrected chi connectivity index (χ4v) is 0.693. The van der Waals surface area contributed by atoms with Crippen LogP contribution in [-0.4, -0.2) is 6.67 Å². The molecule has 3 heteroatoms. The molecular weight excluding hydrogens is 153 g/mol. The van der Waals surface area contributed by atoms with Crippen LogP contribution in [-0.2, 0) is 5.92 Å². The zero-order valence-corrected chi connectivity index (χ0v) is 5.65. The zero-order valence-electron chi connectivity index (χ0n) is 5.65. The molecule has 1 aromatic rings. The predicted molar refractivity (Wildman–Crippen MR) is 35.1 cm³/mol. The summed E-state index contributed by atoms with van der Waals surface area (Å²) in [6.07, 6.45) is 0. The topological polar surface area (TPSA) is 0 Å². The second-order valence-electron chi connectivity index (χ2n) is 2.11. The molecule has 0 saturated heterocycles. The number of rotatable bonds is 2. The minimum Gasteiger partial charge on any atom is -0.244 e. The molecule has 0 heterocycles. The van der Waals surface area contributed by atoms with E-state index >= 15 is 0 Å². The Kier molecular flexibility index (Phi) is 2.17. The molecule has 11 heavy (non-hydrogen) atoms. The van der Waals surface area contributed by atoms with Gasteiger partial charge in [-0.15, -0.1) is 0 Å². The van der Waals surface area contributed by atoms with Crippen molar-refractivity contribution in [3.05, 3.63) is 35.9 Å². The number of hydrogen-bond acceptors (Lipinski definition) is 0. The van der Waals surface area contributed by atoms with Gasteiger partial charge < -0.3 is 0 Å². The fourth-order valence-electron chi connectivity index (χ4n) is 0.693. The van der Waals surface area contributed by atoms with Crippen LogP contribution in [0.4, 0.5) is 13.2 Å². The Labute approximate surface area is 62.7 Å². The zero-order chi connectivity index (χ0) is 8.32. The lowest BCUT2D eigenvalue weighted by molar-refractivity contribution is -0.0283. The summed E-state index contributed by atoms with van der Waals surface area (Å²) in [5.74, 6) is -3.39. The van der Waals surface area contributed by atoms with E-state index in [1.165, 1.54) is 12.1 Å². The average Bonchev–Trinajstić information content (AvgIpc) is 2.06. The van der Waals surface area contributed by atoms with Crippen LogP contribution in [0.25, 0.3) is 0 Å². The molecule has 59 valence electrons. The molecule has 0 aromatic heterocycles. The first-order chi connectivity index (χ1) is 5.17. The average molecular weight is 159 g/mol. The molecule has 0 bridgehead atoms. The smallest absolute Gasteiger partial charge is 0.244 e. The van der Waals surface area contributed by atoms with Gasteiger partial charge >= 0.3 is 5.92 Å². The molecule has 0 aliphatic rings. The first kappa shape index (κ1) is 8.11. The lowest BCUT2D eigenvalue weighted by atomic mass is 10.1. The minimum absolute atomic E-state index is 0.400. The van der Waals surface area contributed by atoms with E-state index in [1.54, 1.807) is 6.07 Å². The Balaban J connectivity index is 2.93. The maximum absolute atomic E-state index is 12.5. The Morgan fingerprint density at radius 1 is 1.36 bits per heavy atom. The van der Waals surface area contributed by atoms with E-state index in [4.69, 9.17) is 0 Å². The van der Waals surface area contributed by atoms with Crippen LogP contribution < -0.4 is 0 Å². The highest BCUT2D eigenvalue weighted by molar-refractivity contribution is 5.18. The highest BCUT2D eigenvalue weighted by Crippen LogP contribution is 2.27. The van der Waals surface area contributed by atoms with Crippen molar-refractivity contribution in [2.24, 2.45) is 0 Å². The van der Waals surface area contributed by atoms with Crippen LogP contribution in [0.1, 0.15) is 5.56 Å². The third-order valence-electron chi connectivity index (χ3n) is 1.27. The van der Waals surface area contributed by atoms with Crippen LogP contribution in [0.3, 0.4) is 0 Å². The van der Waals surface area contributed by atoms with E-state index in [0.717, 1.165) is 6.07 Å². The van der Waals surface area contributed by atoms with E-state index in [1.807, 2.05) is 0 Å². The lowest BCUT2D eigenvalue weighted by Crippen LogP contribution is -2.15. The normalized spacial score (nSPS) is 11.5. The maximum Gasteiger partial charge on any atom is 0.301 e. The van der Waals surface area contributed by atoms with Gasteiger partial charge in [-0.05, 0) is 6.07 Å². The third kappa shape index (κ3) is 1.73.